The van der Waals surface area contributed by atoms with Crippen molar-refractivity contribution in [1.29, 1.82) is 0 Å². The maximum absolute atomic E-state index is 11.6. The quantitative estimate of drug-likeness (QED) is 0.766. The van der Waals surface area contributed by atoms with Gasteiger partial charge in [-0.3, -0.25) is 9.59 Å². The van der Waals surface area contributed by atoms with Gasteiger partial charge < -0.3 is 10.2 Å². The third kappa shape index (κ3) is 3.32. The minimum atomic E-state index is -1.20. The molecular formula is C15H22O4. The molecule has 2 atom stereocenters. The lowest BCUT2D eigenvalue weighted by atomic mass is 9.64. The van der Waals surface area contributed by atoms with Crippen LogP contribution in [-0.4, -0.2) is 27.6 Å². The zero-order valence-corrected chi connectivity index (χ0v) is 11.9. The summed E-state index contributed by atoms with van der Waals surface area (Å²) in [6.07, 6.45) is 5.12. The van der Waals surface area contributed by atoms with E-state index >= 15 is 0 Å². The molecule has 0 spiro atoms. The van der Waals surface area contributed by atoms with Crippen LogP contribution >= 0.6 is 0 Å². The van der Waals surface area contributed by atoms with E-state index in [0.29, 0.717) is 5.57 Å². The zero-order valence-electron chi connectivity index (χ0n) is 11.9. The fourth-order valence-corrected chi connectivity index (χ4v) is 2.51. The summed E-state index contributed by atoms with van der Waals surface area (Å²) in [5, 5.41) is 19.5. The summed E-state index contributed by atoms with van der Waals surface area (Å²) in [5.41, 5.74) is -1.19. The van der Waals surface area contributed by atoms with Crippen LogP contribution in [0.1, 0.15) is 40.5 Å². The van der Waals surface area contributed by atoms with Crippen LogP contribution in [-0.2, 0) is 9.59 Å². The van der Waals surface area contributed by atoms with Crippen molar-refractivity contribution in [2.75, 3.05) is 0 Å². The summed E-state index contributed by atoms with van der Waals surface area (Å²) in [5.74, 6) is -1.02. The summed E-state index contributed by atoms with van der Waals surface area (Å²) < 4.78 is 0. The second-order valence-corrected chi connectivity index (χ2v) is 6.05. The molecule has 0 bridgehead atoms. The van der Waals surface area contributed by atoms with Crippen LogP contribution in [0.2, 0.25) is 0 Å². The van der Waals surface area contributed by atoms with E-state index in [1.54, 1.807) is 26.0 Å². The summed E-state index contributed by atoms with van der Waals surface area (Å²) in [4.78, 5) is 22.2. The Kier molecular flexibility index (Phi) is 4.35. The fourth-order valence-electron chi connectivity index (χ4n) is 2.51. The number of aliphatic hydroxyl groups is 1. The fraction of sp³-hybridized carbons (Fsp3) is 0.600. The summed E-state index contributed by atoms with van der Waals surface area (Å²) in [6.45, 7) is 7.19. The van der Waals surface area contributed by atoms with Crippen molar-refractivity contribution >= 4 is 11.8 Å². The predicted octanol–water partition coefficient (Wildman–Crippen LogP) is 2.33. The van der Waals surface area contributed by atoms with Crippen molar-refractivity contribution < 1.29 is 19.8 Å². The number of carbonyl (C=O) groups is 2. The van der Waals surface area contributed by atoms with Gasteiger partial charge in [-0.2, -0.15) is 0 Å². The number of carboxylic acids is 1. The first-order chi connectivity index (χ1) is 8.58. The van der Waals surface area contributed by atoms with Gasteiger partial charge in [-0.25, -0.2) is 0 Å². The Bertz CT molecular complexity index is 445. The Morgan fingerprint density at radius 2 is 2.11 bits per heavy atom. The number of allylic oxidation sites excluding steroid dienone is 2. The SMILES string of the molecule is CC1=CC(=O)CC(C)(C)[C@@]1(O)/C=C/[C@@H](C)CC(=O)O. The maximum Gasteiger partial charge on any atom is 0.303 e. The van der Waals surface area contributed by atoms with Gasteiger partial charge in [0.1, 0.15) is 5.60 Å². The molecule has 0 aromatic heterocycles. The molecular weight excluding hydrogens is 244 g/mol. The van der Waals surface area contributed by atoms with Crippen LogP contribution in [0.4, 0.5) is 0 Å². The van der Waals surface area contributed by atoms with Gasteiger partial charge in [0.2, 0.25) is 0 Å². The molecule has 1 rings (SSSR count). The number of aliphatic carboxylic acids is 1. The van der Waals surface area contributed by atoms with E-state index in [1.807, 2.05) is 13.8 Å². The third-order valence-electron chi connectivity index (χ3n) is 3.79. The lowest BCUT2D eigenvalue weighted by Gasteiger charge is -2.44. The van der Waals surface area contributed by atoms with E-state index in [1.165, 1.54) is 6.08 Å². The Balaban J connectivity index is 3.01. The highest BCUT2D eigenvalue weighted by Gasteiger charge is 2.46. The topological polar surface area (TPSA) is 74.6 Å². The standard InChI is InChI=1S/C15H22O4/c1-10(7-13(17)18)5-6-15(19)11(2)8-12(16)9-14(15,3)4/h5-6,8,10,19H,7,9H2,1-4H3,(H,17,18)/b6-5+/t10-,15-/m1/s1. The minimum Gasteiger partial charge on any atom is -0.481 e. The Labute approximate surface area is 113 Å². The normalized spacial score (nSPS) is 28.3. The first-order valence-corrected chi connectivity index (χ1v) is 6.43. The molecule has 2 N–H and O–H groups in total. The van der Waals surface area contributed by atoms with Crippen molar-refractivity contribution in [3.8, 4) is 0 Å². The van der Waals surface area contributed by atoms with Crippen molar-refractivity contribution in [2.45, 2.75) is 46.1 Å². The molecule has 0 unspecified atom stereocenters. The van der Waals surface area contributed by atoms with Crippen molar-refractivity contribution in [3.05, 3.63) is 23.8 Å². The van der Waals surface area contributed by atoms with Gasteiger partial charge in [-0.15, -0.1) is 0 Å². The van der Waals surface area contributed by atoms with Gasteiger partial charge in [-0.1, -0.05) is 32.9 Å². The maximum atomic E-state index is 11.6. The summed E-state index contributed by atoms with van der Waals surface area (Å²) in [7, 11) is 0. The predicted molar refractivity (Wildman–Crippen MR) is 72.7 cm³/mol. The van der Waals surface area contributed by atoms with Crippen LogP contribution in [0.25, 0.3) is 0 Å². The van der Waals surface area contributed by atoms with Crippen LogP contribution in [0.5, 0.6) is 0 Å². The second-order valence-electron chi connectivity index (χ2n) is 6.05. The minimum absolute atomic E-state index is 0.0131. The van der Waals surface area contributed by atoms with E-state index in [4.69, 9.17) is 5.11 Å². The van der Waals surface area contributed by atoms with Crippen LogP contribution in [0.3, 0.4) is 0 Å². The molecule has 0 radical (unpaired) electrons. The molecule has 4 heteroatoms. The molecule has 0 aliphatic heterocycles. The molecule has 1 aliphatic carbocycles. The van der Waals surface area contributed by atoms with Gasteiger partial charge in [-0.05, 0) is 24.5 Å². The first-order valence-electron chi connectivity index (χ1n) is 6.43. The third-order valence-corrected chi connectivity index (χ3v) is 3.79. The summed E-state index contributed by atoms with van der Waals surface area (Å²) in [6, 6.07) is 0. The van der Waals surface area contributed by atoms with Gasteiger partial charge in [0.25, 0.3) is 0 Å². The molecule has 1 aliphatic rings. The largest absolute Gasteiger partial charge is 0.481 e. The number of hydrogen-bond acceptors (Lipinski definition) is 3. The summed E-state index contributed by atoms with van der Waals surface area (Å²) >= 11 is 0. The first kappa shape index (κ1) is 15.6. The Hall–Kier alpha value is -1.42. The lowest BCUT2D eigenvalue weighted by Crippen LogP contribution is -2.48. The average molecular weight is 266 g/mol. The highest BCUT2D eigenvalue weighted by Crippen LogP contribution is 2.44. The lowest BCUT2D eigenvalue weighted by molar-refractivity contribution is -0.137. The van der Waals surface area contributed by atoms with Crippen molar-refractivity contribution in [2.24, 2.45) is 11.3 Å². The molecule has 4 nitrogen and oxygen atoms in total. The highest BCUT2D eigenvalue weighted by molar-refractivity contribution is 5.92. The van der Waals surface area contributed by atoms with Crippen LogP contribution < -0.4 is 0 Å². The molecule has 0 heterocycles. The molecule has 0 amide bonds. The Morgan fingerprint density at radius 1 is 1.53 bits per heavy atom. The number of ketones is 1. The Morgan fingerprint density at radius 3 is 2.58 bits per heavy atom. The molecule has 0 saturated carbocycles. The van der Waals surface area contributed by atoms with Gasteiger partial charge in [0.15, 0.2) is 5.78 Å². The molecule has 0 aromatic carbocycles. The van der Waals surface area contributed by atoms with E-state index in [9.17, 15) is 14.7 Å². The highest BCUT2D eigenvalue weighted by atomic mass is 16.4. The molecule has 0 saturated heterocycles. The van der Waals surface area contributed by atoms with Gasteiger partial charge >= 0.3 is 5.97 Å². The van der Waals surface area contributed by atoms with Gasteiger partial charge in [0.05, 0.1) is 6.42 Å². The van der Waals surface area contributed by atoms with E-state index in [2.05, 4.69) is 0 Å². The molecule has 0 aromatic rings. The van der Waals surface area contributed by atoms with E-state index in [-0.39, 0.29) is 24.5 Å². The van der Waals surface area contributed by atoms with Gasteiger partial charge in [0, 0.05) is 11.8 Å². The smallest absolute Gasteiger partial charge is 0.303 e. The zero-order chi connectivity index (χ0) is 14.8. The monoisotopic (exact) mass is 266 g/mol. The molecule has 106 valence electrons. The average Bonchev–Trinajstić information content (AvgIpc) is 2.21. The number of carboxylic acid groups (broad SMARTS) is 1. The van der Waals surface area contributed by atoms with E-state index < -0.39 is 17.0 Å². The van der Waals surface area contributed by atoms with Crippen LogP contribution in [0.15, 0.2) is 23.8 Å². The molecule has 19 heavy (non-hydrogen) atoms. The molecule has 0 fully saturated rings. The second kappa shape index (κ2) is 5.29. The van der Waals surface area contributed by atoms with Crippen LogP contribution in [0, 0.1) is 11.3 Å². The van der Waals surface area contributed by atoms with Crippen molar-refractivity contribution in [3.63, 3.8) is 0 Å². The van der Waals surface area contributed by atoms with Crippen molar-refractivity contribution in [1.82, 2.24) is 0 Å². The number of rotatable bonds is 4. The van der Waals surface area contributed by atoms with E-state index in [0.717, 1.165) is 0 Å². The number of carbonyl (C=O) groups excluding carboxylic acids is 1. The number of hydrogen-bond donors (Lipinski definition) is 2.